The Kier molecular flexibility index (Phi) is 3.24. The zero-order valence-corrected chi connectivity index (χ0v) is 8.74. The van der Waals surface area contributed by atoms with Crippen LogP contribution in [0, 0.1) is 0 Å². The highest BCUT2D eigenvalue weighted by molar-refractivity contribution is 6.18. The molecule has 0 fully saturated rings. The number of hydrogen-bond acceptors (Lipinski definition) is 3. The number of rotatable bonds is 4. The zero-order valence-electron chi connectivity index (χ0n) is 8.74. The highest BCUT2D eigenvalue weighted by Gasteiger charge is 2.32. The Balaban J connectivity index is 2.56. The van der Waals surface area contributed by atoms with Gasteiger partial charge in [-0.2, -0.15) is 0 Å². The SMILES string of the molecule is CC1=C(C)C(=O)N(CCCC(=O)O)C1=O. The largest absolute Gasteiger partial charge is 0.481 e. The van der Waals surface area contributed by atoms with Crippen LogP contribution in [0.5, 0.6) is 0 Å². The van der Waals surface area contributed by atoms with Gasteiger partial charge in [0.1, 0.15) is 0 Å². The number of hydrogen-bond donors (Lipinski definition) is 1. The van der Waals surface area contributed by atoms with E-state index in [1.807, 2.05) is 0 Å². The molecule has 0 saturated carbocycles. The summed E-state index contributed by atoms with van der Waals surface area (Å²) in [5.41, 5.74) is 0.908. The minimum absolute atomic E-state index is 0.0326. The summed E-state index contributed by atoms with van der Waals surface area (Å²) in [6.45, 7) is 3.39. The smallest absolute Gasteiger partial charge is 0.303 e. The molecule has 0 spiro atoms. The van der Waals surface area contributed by atoms with Crippen LogP contribution in [0.4, 0.5) is 0 Å². The van der Waals surface area contributed by atoms with Crippen molar-refractivity contribution in [2.75, 3.05) is 6.54 Å². The predicted molar refractivity (Wildman–Crippen MR) is 52.0 cm³/mol. The summed E-state index contributed by atoms with van der Waals surface area (Å²) in [7, 11) is 0. The van der Waals surface area contributed by atoms with Gasteiger partial charge in [0, 0.05) is 24.1 Å². The van der Waals surface area contributed by atoms with E-state index in [2.05, 4.69) is 0 Å². The zero-order chi connectivity index (χ0) is 11.6. The summed E-state index contributed by atoms with van der Waals surface area (Å²) in [6.07, 6.45) is 0.266. The van der Waals surface area contributed by atoms with Gasteiger partial charge in [0.25, 0.3) is 11.8 Å². The molecule has 1 N–H and O–H groups in total. The van der Waals surface area contributed by atoms with Crippen molar-refractivity contribution in [1.82, 2.24) is 4.90 Å². The Morgan fingerprint density at radius 3 is 2.07 bits per heavy atom. The summed E-state index contributed by atoms with van der Waals surface area (Å²) < 4.78 is 0. The molecule has 1 heterocycles. The lowest BCUT2D eigenvalue weighted by Crippen LogP contribution is -2.32. The maximum atomic E-state index is 11.5. The van der Waals surface area contributed by atoms with Gasteiger partial charge in [0.2, 0.25) is 0 Å². The fourth-order valence-electron chi connectivity index (χ4n) is 1.41. The first kappa shape index (κ1) is 11.4. The van der Waals surface area contributed by atoms with Crippen molar-refractivity contribution in [3.63, 3.8) is 0 Å². The van der Waals surface area contributed by atoms with Gasteiger partial charge in [-0.15, -0.1) is 0 Å². The van der Waals surface area contributed by atoms with Crippen LogP contribution in [-0.2, 0) is 14.4 Å². The molecule has 0 aromatic rings. The lowest BCUT2D eigenvalue weighted by atomic mass is 10.2. The molecule has 15 heavy (non-hydrogen) atoms. The van der Waals surface area contributed by atoms with Crippen LogP contribution >= 0.6 is 0 Å². The summed E-state index contributed by atoms with van der Waals surface area (Å²) in [4.78, 5) is 34.4. The van der Waals surface area contributed by atoms with Crippen molar-refractivity contribution in [2.45, 2.75) is 26.7 Å². The van der Waals surface area contributed by atoms with Gasteiger partial charge >= 0.3 is 5.97 Å². The molecule has 1 aliphatic rings. The number of carboxylic acid groups (broad SMARTS) is 1. The summed E-state index contributed by atoms with van der Waals surface area (Å²) in [5.74, 6) is -1.53. The van der Waals surface area contributed by atoms with Gasteiger partial charge in [-0.25, -0.2) is 0 Å². The molecule has 0 aliphatic carbocycles. The van der Waals surface area contributed by atoms with Crippen molar-refractivity contribution >= 4 is 17.8 Å². The average Bonchev–Trinajstić information content (AvgIpc) is 2.34. The average molecular weight is 211 g/mol. The standard InChI is InChI=1S/C10H13NO4/c1-6-7(2)10(15)11(9(6)14)5-3-4-8(12)13/h3-5H2,1-2H3,(H,12,13). The minimum Gasteiger partial charge on any atom is -0.481 e. The van der Waals surface area contributed by atoms with Crippen molar-refractivity contribution in [2.24, 2.45) is 0 Å². The second-order valence-corrected chi connectivity index (χ2v) is 3.51. The van der Waals surface area contributed by atoms with Gasteiger partial charge in [-0.05, 0) is 20.3 Å². The summed E-state index contributed by atoms with van der Waals surface area (Å²) in [6, 6.07) is 0. The number of carbonyl (C=O) groups is 3. The lowest BCUT2D eigenvalue weighted by molar-refractivity contribution is -0.140. The molecule has 2 amide bonds. The molecule has 82 valence electrons. The van der Waals surface area contributed by atoms with E-state index in [-0.39, 0.29) is 24.8 Å². The Morgan fingerprint density at radius 2 is 1.67 bits per heavy atom. The molecule has 0 radical (unpaired) electrons. The molecular weight excluding hydrogens is 198 g/mol. The first-order valence-electron chi connectivity index (χ1n) is 4.70. The minimum atomic E-state index is -0.921. The molecular formula is C10H13NO4. The van der Waals surface area contributed by atoms with E-state index in [1.165, 1.54) is 0 Å². The van der Waals surface area contributed by atoms with E-state index in [0.29, 0.717) is 17.6 Å². The number of aliphatic carboxylic acids is 1. The summed E-state index contributed by atoms with van der Waals surface area (Å²) in [5, 5.41) is 8.42. The van der Waals surface area contributed by atoms with E-state index >= 15 is 0 Å². The van der Waals surface area contributed by atoms with E-state index < -0.39 is 5.97 Å². The monoisotopic (exact) mass is 211 g/mol. The first-order valence-corrected chi connectivity index (χ1v) is 4.70. The van der Waals surface area contributed by atoms with Crippen LogP contribution < -0.4 is 0 Å². The van der Waals surface area contributed by atoms with Crippen LogP contribution in [0.2, 0.25) is 0 Å². The van der Waals surface area contributed by atoms with Crippen LogP contribution in [0.25, 0.3) is 0 Å². The molecule has 0 saturated heterocycles. The van der Waals surface area contributed by atoms with E-state index in [1.54, 1.807) is 13.8 Å². The number of amides is 2. The third-order valence-electron chi connectivity index (χ3n) is 2.47. The van der Waals surface area contributed by atoms with Crippen molar-refractivity contribution in [3.8, 4) is 0 Å². The Labute approximate surface area is 87.4 Å². The maximum Gasteiger partial charge on any atom is 0.303 e. The van der Waals surface area contributed by atoms with Gasteiger partial charge < -0.3 is 5.11 Å². The van der Waals surface area contributed by atoms with Gasteiger partial charge in [0.15, 0.2) is 0 Å². The molecule has 0 aromatic carbocycles. The fourth-order valence-corrected chi connectivity index (χ4v) is 1.41. The molecule has 0 atom stereocenters. The number of carboxylic acids is 1. The lowest BCUT2D eigenvalue weighted by Gasteiger charge is -2.13. The van der Waals surface area contributed by atoms with Crippen molar-refractivity contribution < 1.29 is 19.5 Å². The van der Waals surface area contributed by atoms with Crippen LogP contribution in [-0.4, -0.2) is 34.3 Å². The molecule has 1 rings (SSSR count). The van der Waals surface area contributed by atoms with Crippen molar-refractivity contribution in [3.05, 3.63) is 11.1 Å². The molecule has 0 bridgehead atoms. The topological polar surface area (TPSA) is 74.7 Å². The Hall–Kier alpha value is -1.65. The first-order chi connectivity index (χ1) is 6.95. The second-order valence-electron chi connectivity index (χ2n) is 3.51. The maximum absolute atomic E-state index is 11.5. The molecule has 5 heteroatoms. The number of imide groups is 1. The third-order valence-corrected chi connectivity index (χ3v) is 2.47. The molecule has 0 aromatic heterocycles. The van der Waals surface area contributed by atoms with E-state index in [4.69, 9.17) is 5.11 Å². The van der Waals surface area contributed by atoms with Gasteiger partial charge in [-0.1, -0.05) is 0 Å². The molecule has 1 aliphatic heterocycles. The van der Waals surface area contributed by atoms with Gasteiger partial charge in [0.05, 0.1) is 0 Å². The molecule has 5 nitrogen and oxygen atoms in total. The number of carbonyl (C=O) groups excluding carboxylic acids is 2. The second kappa shape index (κ2) is 4.25. The van der Waals surface area contributed by atoms with Crippen LogP contribution in [0.1, 0.15) is 26.7 Å². The molecule has 0 unspecified atom stereocenters. The fraction of sp³-hybridized carbons (Fsp3) is 0.500. The van der Waals surface area contributed by atoms with Gasteiger partial charge in [-0.3, -0.25) is 19.3 Å². The van der Waals surface area contributed by atoms with Crippen molar-refractivity contribution in [1.29, 1.82) is 0 Å². The van der Waals surface area contributed by atoms with E-state index in [0.717, 1.165) is 4.90 Å². The Morgan fingerprint density at radius 1 is 1.20 bits per heavy atom. The Bertz CT molecular complexity index is 332. The quantitative estimate of drug-likeness (QED) is 0.689. The van der Waals surface area contributed by atoms with E-state index in [9.17, 15) is 14.4 Å². The summed E-state index contributed by atoms with van der Waals surface area (Å²) >= 11 is 0. The highest BCUT2D eigenvalue weighted by atomic mass is 16.4. The van der Waals surface area contributed by atoms with Crippen LogP contribution in [0.3, 0.4) is 0 Å². The van der Waals surface area contributed by atoms with Crippen LogP contribution in [0.15, 0.2) is 11.1 Å². The normalized spacial score (nSPS) is 16.5. The highest BCUT2D eigenvalue weighted by Crippen LogP contribution is 2.19. The third kappa shape index (κ3) is 2.23. The number of nitrogens with zero attached hydrogens (tertiary/aromatic N) is 1. The predicted octanol–water partition coefficient (Wildman–Crippen LogP) is 0.556.